The van der Waals surface area contributed by atoms with E-state index in [0.29, 0.717) is 0 Å². The third-order valence-electron chi connectivity index (χ3n) is 2.25. The molecule has 0 bridgehead atoms. The maximum atomic E-state index is 2.33. The standard InChI is InChI=1S/C9H16.C2H6/c1-8(2)9-6-4-3-5-7-9;1-2/h3-4,8-9H,5-7H2,1-2H3;1-2H3. The molecule has 1 unspecified atom stereocenters. The average molecular weight is 154 g/mol. The van der Waals surface area contributed by atoms with Crippen molar-refractivity contribution in [3.05, 3.63) is 12.2 Å². The van der Waals surface area contributed by atoms with Crippen molar-refractivity contribution < 1.29 is 0 Å². The SMILES string of the molecule is CC.CC(C)C1CC=CCC1. The Morgan fingerprint density at radius 3 is 2.09 bits per heavy atom. The van der Waals surface area contributed by atoms with Gasteiger partial charge in [-0.1, -0.05) is 39.8 Å². The van der Waals surface area contributed by atoms with Gasteiger partial charge in [0.25, 0.3) is 0 Å². The molecule has 1 rings (SSSR count). The fourth-order valence-electron chi connectivity index (χ4n) is 1.42. The van der Waals surface area contributed by atoms with Gasteiger partial charge in [-0.25, -0.2) is 0 Å². The second kappa shape index (κ2) is 6.45. The maximum Gasteiger partial charge on any atom is -0.0320 e. The lowest BCUT2D eigenvalue weighted by Gasteiger charge is -2.20. The number of allylic oxidation sites excluding steroid dienone is 2. The summed E-state index contributed by atoms with van der Waals surface area (Å²) in [5.74, 6) is 1.85. The van der Waals surface area contributed by atoms with Gasteiger partial charge in [0.2, 0.25) is 0 Å². The van der Waals surface area contributed by atoms with Gasteiger partial charge >= 0.3 is 0 Å². The van der Waals surface area contributed by atoms with Gasteiger partial charge < -0.3 is 0 Å². The molecular formula is C11H22. The van der Waals surface area contributed by atoms with Crippen LogP contribution in [0.4, 0.5) is 0 Å². The molecule has 0 aliphatic heterocycles. The van der Waals surface area contributed by atoms with Crippen molar-refractivity contribution in [1.29, 1.82) is 0 Å². The molecule has 1 aliphatic rings. The lowest BCUT2D eigenvalue weighted by molar-refractivity contribution is 0.356. The Balaban J connectivity index is 0.000000461. The van der Waals surface area contributed by atoms with Gasteiger partial charge in [-0.3, -0.25) is 0 Å². The maximum absolute atomic E-state index is 2.33. The topological polar surface area (TPSA) is 0 Å². The van der Waals surface area contributed by atoms with Crippen molar-refractivity contribution in [3.8, 4) is 0 Å². The van der Waals surface area contributed by atoms with Gasteiger partial charge in [-0.05, 0) is 31.1 Å². The molecule has 0 spiro atoms. The summed E-state index contributed by atoms with van der Waals surface area (Å²) in [6.45, 7) is 8.65. The Morgan fingerprint density at radius 2 is 1.82 bits per heavy atom. The van der Waals surface area contributed by atoms with Crippen LogP contribution in [0.1, 0.15) is 47.0 Å². The molecule has 0 N–H and O–H groups in total. The third kappa shape index (κ3) is 4.23. The highest BCUT2D eigenvalue weighted by Crippen LogP contribution is 2.24. The molecule has 0 saturated heterocycles. The largest absolute Gasteiger partial charge is 0.0885 e. The first-order valence-corrected chi connectivity index (χ1v) is 4.95. The Morgan fingerprint density at radius 1 is 1.18 bits per heavy atom. The first-order valence-electron chi connectivity index (χ1n) is 4.95. The Kier molecular flexibility index (Phi) is 6.30. The minimum absolute atomic E-state index is 0.884. The molecule has 11 heavy (non-hydrogen) atoms. The van der Waals surface area contributed by atoms with Crippen LogP contribution in [0, 0.1) is 11.8 Å². The van der Waals surface area contributed by atoms with E-state index in [0.717, 1.165) is 11.8 Å². The van der Waals surface area contributed by atoms with Crippen LogP contribution in [0.2, 0.25) is 0 Å². The molecular weight excluding hydrogens is 132 g/mol. The summed E-state index contributed by atoms with van der Waals surface area (Å²) in [6, 6.07) is 0. The van der Waals surface area contributed by atoms with E-state index in [1.807, 2.05) is 13.8 Å². The van der Waals surface area contributed by atoms with Crippen LogP contribution < -0.4 is 0 Å². The Bertz CT molecular complexity index is 101. The van der Waals surface area contributed by atoms with Crippen LogP contribution in [-0.4, -0.2) is 0 Å². The molecule has 0 fully saturated rings. The summed E-state index contributed by atoms with van der Waals surface area (Å²) < 4.78 is 0. The van der Waals surface area contributed by atoms with Crippen LogP contribution in [0.5, 0.6) is 0 Å². The predicted octanol–water partition coefficient (Wildman–Crippen LogP) is 4.02. The van der Waals surface area contributed by atoms with E-state index in [-0.39, 0.29) is 0 Å². The lowest BCUT2D eigenvalue weighted by Crippen LogP contribution is -2.09. The smallest absolute Gasteiger partial charge is 0.0320 e. The van der Waals surface area contributed by atoms with Crippen molar-refractivity contribution in [1.82, 2.24) is 0 Å². The van der Waals surface area contributed by atoms with E-state index in [9.17, 15) is 0 Å². The summed E-state index contributed by atoms with van der Waals surface area (Å²) in [6.07, 6.45) is 8.67. The summed E-state index contributed by atoms with van der Waals surface area (Å²) >= 11 is 0. The second-order valence-electron chi connectivity index (χ2n) is 3.29. The highest BCUT2D eigenvalue weighted by atomic mass is 14.2. The molecule has 0 aromatic carbocycles. The zero-order valence-corrected chi connectivity index (χ0v) is 8.43. The first kappa shape index (κ1) is 10.7. The van der Waals surface area contributed by atoms with Gasteiger partial charge in [0.15, 0.2) is 0 Å². The van der Waals surface area contributed by atoms with Crippen molar-refractivity contribution in [2.24, 2.45) is 11.8 Å². The van der Waals surface area contributed by atoms with Crippen LogP contribution >= 0.6 is 0 Å². The molecule has 0 nitrogen and oxygen atoms in total. The molecule has 0 aromatic heterocycles. The fourth-order valence-corrected chi connectivity index (χ4v) is 1.42. The summed E-state index contributed by atoms with van der Waals surface area (Å²) in [4.78, 5) is 0. The Labute approximate surface area is 71.7 Å². The van der Waals surface area contributed by atoms with Crippen molar-refractivity contribution in [3.63, 3.8) is 0 Å². The summed E-state index contributed by atoms with van der Waals surface area (Å²) in [5.41, 5.74) is 0. The zero-order valence-electron chi connectivity index (χ0n) is 8.43. The van der Waals surface area contributed by atoms with E-state index in [1.165, 1.54) is 19.3 Å². The van der Waals surface area contributed by atoms with Crippen LogP contribution in [0.3, 0.4) is 0 Å². The third-order valence-corrected chi connectivity index (χ3v) is 2.25. The quantitative estimate of drug-likeness (QED) is 0.500. The number of hydrogen-bond acceptors (Lipinski definition) is 0. The van der Waals surface area contributed by atoms with E-state index < -0.39 is 0 Å². The first-order chi connectivity index (χ1) is 5.30. The number of hydrogen-bond donors (Lipinski definition) is 0. The molecule has 0 amide bonds. The van der Waals surface area contributed by atoms with Crippen LogP contribution in [0.15, 0.2) is 12.2 Å². The minimum atomic E-state index is 0.884. The van der Waals surface area contributed by atoms with Crippen molar-refractivity contribution in [2.45, 2.75) is 47.0 Å². The monoisotopic (exact) mass is 154 g/mol. The highest BCUT2D eigenvalue weighted by Gasteiger charge is 2.12. The molecule has 0 heterocycles. The van der Waals surface area contributed by atoms with E-state index in [4.69, 9.17) is 0 Å². The van der Waals surface area contributed by atoms with E-state index >= 15 is 0 Å². The fraction of sp³-hybridized carbons (Fsp3) is 0.818. The van der Waals surface area contributed by atoms with Gasteiger partial charge in [-0.2, -0.15) is 0 Å². The molecule has 66 valence electrons. The summed E-state index contributed by atoms with van der Waals surface area (Å²) in [7, 11) is 0. The Hall–Kier alpha value is -0.260. The van der Waals surface area contributed by atoms with Crippen molar-refractivity contribution in [2.75, 3.05) is 0 Å². The molecule has 1 aliphatic carbocycles. The molecule has 0 radical (unpaired) electrons. The zero-order chi connectivity index (χ0) is 8.69. The molecule has 0 aromatic rings. The lowest BCUT2D eigenvalue weighted by atomic mass is 9.85. The molecule has 0 saturated carbocycles. The van der Waals surface area contributed by atoms with Gasteiger partial charge in [0, 0.05) is 0 Å². The van der Waals surface area contributed by atoms with Crippen LogP contribution in [0.25, 0.3) is 0 Å². The predicted molar refractivity (Wildman–Crippen MR) is 52.7 cm³/mol. The average Bonchev–Trinajstić information content (AvgIpc) is 2.10. The molecule has 0 heteroatoms. The van der Waals surface area contributed by atoms with Gasteiger partial charge in [-0.15, -0.1) is 0 Å². The highest BCUT2D eigenvalue weighted by molar-refractivity contribution is 4.90. The van der Waals surface area contributed by atoms with Crippen molar-refractivity contribution >= 4 is 0 Å². The number of rotatable bonds is 1. The van der Waals surface area contributed by atoms with E-state index in [2.05, 4.69) is 26.0 Å². The second-order valence-corrected chi connectivity index (χ2v) is 3.29. The van der Waals surface area contributed by atoms with Crippen LogP contribution in [-0.2, 0) is 0 Å². The minimum Gasteiger partial charge on any atom is -0.0885 e. The summed E-state index contributed by atoms with van der Waals surface area (Å²) in [5, 5.41) is 0. The van der Waals surface area contributed by atoms with Gasteiger partial charge in [0.05, 0.1) is 0 Å². The molecule has 1 atom stereocenters. The van der Waals surface area contributed by atoms with E-state index in [1.54, 1.807) is 0 Å². The van der Waals surface area contributed by atoms with Gasteiger partial charge in [0.1, 0.15) is 0 Å². The normalized spacial score (nSPS) is 22.8.